The minimum Gasteiger partial charge on any atom is -0.383 e. The van der Waals surface area contributed by atoms with Crippen molar-refractivity contribution in [3.05, 3.63) is 29.6 Å². The number of hydrogen-bond acceptors (Lipinski definition) is 1. The van der Waals surface area contributed by atoms with Crippen molar-refractivity contribution >= 4 is 5.69 Å². The molecule has 1 aromatic carbocycles. The summed E-state index contributed by atoms with van der Waals surface area (Å²) in [6, 6.07) is 5.47. The zero-order chi connectivity index (χ0) is 12.1. The van der Waals surface area contributed by atoms with E-state index in [-0.39, 0.29) is 5.82 Å². The molecule has 1 N–H and O–H groups in total. The summed E-state index contributed by atoms with van der Waals surface area (Å²) in [5.74, 6) is 0.553. The molecule has 0 bridgehead atoms. The van der Waals surface area contributed by atoms with Crippen molar-refractivity contribution in [3.8, 4) is 0 Å². The van der Waals surface area contributed by atoms with Crippen molar-refractivity contribution in [3.63, 3.8) is 0 Å². The maximum absolute atomic E-state index is 13.2. The molecule has 0 aliphatic heterocycles. The number of aryl methyl sites for hydroxylation is 1. The van der Waals surface area contributed by atoms with Gasteiger partial charge in [-0.1, -0.05) is 13.8 Å². The molecule has 0 radical (unpaired) electrons. The Labute approximate surface area is 98.1 Å². The van der Waals surface area contributed by atoms with Crippen molar-refractivity contribution in [2.45, 2.75) is 46.6 Å². The number of anilines is 1. The molecule has 1 rings (SSSR count). The van der Waals surface area contributed by atoms with Gasteiger partial charge < -0.3 is 5.32 Å². The third-order valence-corrected chi connectivity index (χ3v) is 2.63. The minimum absolute atomic E-state index is 0.168. The fourth-order valence-corrected chi connectivity index (χ4v) is 1.76. The summed E-state index contributed by atoms with van der Waals surface area (Å²) in [6.45, 7) is 8.49. The second-order valence-electron chi connectivity index (χ2n) is 5.03. The van der Waals surface area contributed by atoms with Crippen LogP contribution in [-0.2, 0) is 0 Å². The number of nitrogens with one attached hydrogen (secondary N) is 1. The van der Waals surface area contributed by atoms with Crippen LogP contribution in [0.4, 0.5) is 10.1 Å². The van der Waals surface area contributed by atoms with Crippen LogP contribution in [0.1, 0.15) is 39.2 Å². The van der Waals surface area contributed by atoms with Gasteiger partial charge in [0.1, 0.15) is 5.82 Å². The smallest absolute Gasteiger partial charge is 0.125 e. The Morgan fingerprint density at radius 3 is 2.38 bits per heavy atom. The lowest BCUT2D eigenvalue weighted by molar-refractivity contribution is 0.527. The van der Waals surface area contributed by atoms with Gasteiger partial charge in [-0.3, -0.25) is 0 Å². The third kappa shape index (κ3) is 4.65. The predicted octanol–water partition coefficient (Wildman–Crippen LogP) is 4.37. The lowest BCUT2D eigenvalue weighted by atomic mass is 10.0. The highest BCUT2D eigenvalue weighted by Gasteiger charge is 2.05. The summed E-state index contributed by atoms with van der Waals surface area (Å²) in [7, 11) is 0. The Morgan fingerprint density at radius 1 is 1.12 bits per heavy atom. The van der Waals surface area contributed by atoms with E-state index in [9.17, 15) is 4.39 Å². The summed E-state index contributed by atoms with van der Waals surface area (Å²) in [5.41, 5.74) is 1.84. The first kappa shape index (κ1) is 13.0. The Kier molecular flexibility index (Phi) is 4.78. The lowest BCUT2D eigenvalue weighted by Crippen LogP contribution is -2.16. The van der Waals surface area contributed by atoms with Crippen LogP contribution < -0.4 is 5.32 Å². The van der Waals surface area contributed by atoms with E-state index in [1.165, 1.54) is 6.42 Å². The van der Waals surface area contributed by atoms with Crippen molar-refractivity contribution < 1.29 is 4.39 Å². The van der Waals surface area contributed by atoms with Gasteiger partial charge in [0.05, 0.1) is 0 Å². The Morgan fingerprint density at radius 2 is 1.81 bits per heavy atom. The van der Waals surface area contributed by atoms with Crippen LogP contribution in [0.25, 0.3) is 0 Å². The zero-order valence-corrected chi connectivity index (χ0v) is 10.7. The highest BCUT2D eigenvalue weighted by atomic mass is 19.1. The number of benzene rings is 1. The lowest BCUT2D eigenvalue weighted by Gasteiger charge is -2.16. The fraction of sp³-hybridized carbons (Fsp3) is 0.571. The molecule has 0 saturated carbocycles. The normalized spacial score (nSPS) is 12.9. The van der Waals surface area contributed by atoms with Gasteiger partial charge in [0, 0.05) is 11.7 Å². The summed E-state index contributed by atoms with van der Waals surface area (Å²) in [5, 5.41) is 3.34. The molecule has 2 heteroatoms. The van der Waals surface area contributed by atoms with Crippen molar-refractivity contribution in [1.82, 2.24) is 0 Å². The van der Waals surface area contributed by atoms with Crippen molar-refractivity contribution in [2.24, 2.45) is 5.92 Å². The van der Waals surface area contributed by atoms with E-state index in [0.29, 0.717) is 6.04 Å². The van der Waals surface area contributed by atoms with E-state index < -0.39 is 0 Å². The largest absolute Gasteiger partial charge is 0.383 e. The van der Waals surface area contributed by atoms with Gasteiger partial charge in [0.25, 0.3) is 0 Å². The van der Waals surface area contributed by atoms with Gasteiger partial charge in [-0.2, -0.15) is 0 Å². The maximum atomic E-state index is 13.2. The average Bonchev–Trinajstić information content (AvgIpc) is 2.12. The van der Waals surface area contributed by atoms with Crippen LogP contribution in [0.3, 0.4) is 0 Å². The topological polar surface area (TPSA) is 12.0 Å². The molecule has 0 spiro atoms. The Hall–Kier alpha value is -1.05. The van der Waals surface area contributed by atoms with Gasteiger partial charge in [0.15, 0.2) is 0 Å². The molecule has 1 aromatic rings. The molecular formula is C14H22FN. The molecule has 0 saturated heterocycles. The van der Waals surface area contributed by atoms with Crippen LogP contribution >= 0.6 is 0 Å². The molecule has 90 valence electrons. The first-order valence-electron chi connectivity index (χ1n) is 6.01. The quantitative estimate of drug-likeness (QED) is 0.781. The monoisotopic (exact) mass is 223 g/mol. The number of hydrogen-bond donors (Lipinski definition) is 1. The van der Waals surface area contributed by atoms with Crippen LogP contribution in [0, 0.1) is 18.7 Å². The molecule has 0 aliphatic carbocycles. The molecular weight excluding hydrogens is 201 g/mol. The fourth-order valence-electron chi connectivity index (χ4n) is 1.76. The molecule has 0 aromatic heterocycles. The molecule has 0 aliphatic rings. The predicted molar refractivity (Wildman–Crippen MR) is 68.3 cm³/mol. The van der Waals surface area contributed by atoms with Gasteiger partial charge in [-0.25, -0.2) is 4.39 Å². The van der Waals surface area contributed by atoms with E-state index in [1.807, 2.05) is 13.0 Å². The summed E-state index contributed by atoms with van der Waals surface area (Å²) >= 11 is 0. The summed E-state index contributed by atoms with van der Waals surface area (Å²) in [4.78, 5) is 0. The van der Waals surface area contributed by atoms with Crippen LogP contribution in [-0.4, -0.2) is 6.04 Å². The highest BCUT2D eigenvalue weighted by molar-refractivity contribution is 5.46. The summed E-state index contributed by atoms with van der Waals surface area (Å²) in [6.07, 6.45) is 2.32. The maximum Gasteiger partial charge on any atom is 0.125 e. The highest BCUT2D eigenvalue weighted by Crippen LogP contribution is 2.16. The molecule has 1 nitrogen and oxygen atoms in total. The van der Waals surface area contributed by atoms with Crippen molar-refractivity contribution in [2.75, 3.05) is 5.32 Å². The van der Waals surface area contributed by atoms with Gasteiger partial charge in [0.2, 0.25) is 0 Å². The Balaban J connectivity index is 2.52. The SMILES string of the molecule is Cc1cc(F)cc(NC(C)CCC(C)C)c1. The van der Waals surface area contributed by atoms with Gasteiger partial charge in [-0.15, -0.1) is 0 Å². The van der Waals surface area contributed by atoms with Crippen molar-refractivity contribution in [1.29, 1.82) is 0 Å². The third-order valence-electron chi connectivity index (χ3n) is 2.63. The molecule has 0 amide bonds. The second-order valence-corrected chi connectivity index (χ2v) is 5.03. The van der Waals surface area contributed by atoms with Gasteiger partial charge >= 0.3 is 0 Å². The van der Waals surface area contributed by atoms with E-state index in [4.69, 9.17) is 0 Å². The van der Waals surface area contributed by atoms with Crippen LogP contribution in [0.15, 0.2) is 18.2 Å². The molecule has 0 heterocycles. The zero-order valence-electron chi connectivity index (χ0n) is 10.7. The Bertz CT molecular complexity index is 313. The summed E-state index contributed by atoms with van der Waals surface area (Å²) < 4.78 is 13.2. The molecule has 1 atom stereocenters. The van der Waals surface area contributed by atoms with Crippen LogP contribution in [0.2, 0.25) is 0 Å². The van der Waals surface area contributed by atoms with Gasteiger partial charge in [-0.05, 0) is 56.4 Å². The van der Waals surface area contributed by atoms with Crippen LogP contribution in [0.5, 0.6) is 0 Å². The average molecular weight is 223 g/mol. The second kappa shape index (κ2) is 5.88. The first-order chi connectivity index (χ1) is 7.47. The first-order valence-corrected chi connectivity index (χ1v) is 6.01. The van der Waals surface area contributed by atoms with E-state index >= 15 is 0 Å². The number of halogens is 1. The number of rotatable bonds is 5. The molecule has 1 unspecified atom stereocenters. The van der Waals surface area contributed by atoms with E-state index in [2.05, 4.69) is 26.1 Å². The van der Waals surface area contributed by atoms with E-state index in [1.54, 1.807) is 12.1 Å². The molecule has 16 heavy (non-hydrogen) atoms. The minimum atomic E-state index is -0.168. The molecule has 0 fully saturated rings. The standard InChI is InChI=1S/C14H22FN/c1-10(2)5-6-12(4)16-14-8-11(3)7-13(15)9-14/h7-10,12,16H,5-6H2,1-4H3. The van der Waals surface area contributed by atoms with E-state index in [0.717, 1.165) is 23.6 Å².